The van der Waals surface area contributed by atoms with Crippen molar-refractivity contribution >= 4 is 23.2 Å². The van der Waals surface area contributed by atoms with Crippen molar-refractivity contribution in [2.24, 2.45) is 0 Å². The Morgan fingerprint density at radius 1 is 1.00 bits per heavy atom. The Morgan fingerprint density at radius 3 is 2.52 bits per heavy atom. The number of nitrogens with one attached hydrogen (secondary N) is 1. The minimum absolute atomic E-state index is 0.170. The number of hydrogen-bond acceptors (Lipinski definition) is 7. The van der Waals surface area contributed by atoms with Gasteiger partial charge in [-0.1, -0.05) is 28.9 Å². The third kappa shape index (κ3) is 5.24. The van der Waals surface area contributed by atoms with E-state index in [1.165, 1.54) is 0 Å². The number of carbonyl (C=O) groups is 1. The van der Waals surface area contributed by atoms with Gasteiger partial charge in [0.05, 0.1) is 25.5 Å². The highest BCUT2D eigenvalue weighted by molar-refractivity contribution is 6.30. The Morgan fingerprint density at radius 2 is 1.76 bits per heavy atom. The quantitative estimate of drug-likeness (QED) is 0.387. The first-order valence-electron chi connectivity index (χ1n) is 9.91. The summed E-state index contributed by atoms with van der Waals surface area (Å²) in [7, 11) is 3.12. The van der Waals surface area contributed by atoms with E-state index in [-0.39, 0.29) is 18.4 Å². The highest BCUT2D eigenvalue weighted by Crippen LogP contribution is 2.33. The molecule has 0 aliphatic carbocycles. The molecular formula is C24H20ClN3O5. The van der Waals surface area contributed by atoms with Crippen LogP contribution in [-0.4, -0.2) is 36.9 Å². The number of aromatic nitrogens is 2. The normalized spacial score (nSPS) is 10.5. The summed E-state index contributed by atoms with van der Waals surface area (Å²) in [5.74, 6) is 1.98. The number of nitrogens with zero attached hydrogens (tertiary/aromatic N) is 2. The number of anilines is 1. The number of para-hydroxylation sites is 1. The van der Waals surface area contributed by atoms with Crippen LogP contribution in [0.3, 0.4) is 0 Å². The number of amides is 1. The van der Waals surface area contributed by atoms with Gasteiger partial charge in [0.2, 0.25) is 5.82 Å². The van der Waals surface area contributed by atoms with Gasteiger partial charge in [-0.2, -0.15) is 4.98 Å². The molecule has 0 atom stereocenters. The standard InChI is InChI=1S/C24H20ClN3O5/c1-30-20-12-7-15(13-21(20)31-2)23-27-24(33-28-23)18-5-3-4-6-19(18)26-22(29)14-32-17-10-8-16(25)9-11-17/h3-13H,14H2,1-2H3,(H,26,29). The van der Waals surface area contributed by atoms with Crippen LogP contribution >= 0.6 is 11.6 Å². The van der Waals surface area contributed by atoms with Crippen LogP contribution in [0.1, 0.15) is 0 Å². The number of halogens is 1. The molecule has 4 aromatic rings. The fourth-order valence-corrected chi connectivity index (χ4v) is 3.20. The zero-order valence-electron chi connectivity index (χ0n) is 17.9. The van der Waals surface area contributed by atoms with E-state index in [9.17, 15) is 4.79 Å². The van der Waals surface area contributed by atoms with Gasteiger partial charge < -0.3 is 24.1 Å². The number of rotatable bonds is 8. The van der Waals surface area contributed by atoms with E-state index in [0.717, 1.165) is 0 Å². The maximum atomic E-state index is 12.4. The molecule has 168 valence electrons. The summed E-state index contributed by atoms with van der Waals surface area (Å²) in [4.78, 5) is 16.9. The third-order valence-electron chi connectivity index (χ3n) is 4.68. The van der Waals surface area contributed by atoms with E-state index in [4.69, 9.17) is 30.3 Å². The topological polar surface area (TPSA) is 95.7 Å². The average Bonchev–Trinajstić information content (AvgIpc) is 3.33. The molecule has 1 amide bonds. The van der Waals surface area contributed by atoms with Crippen molar-refractivity contribution in [3.8, 4) is 40.1 Å². The van der Waals surface area contributed by atoms with Crippen molar-refractivity contribution in [1.29, 1.82) is 0 Å². The van der Waals surface area contributed by atoms with Crippen molar-refractivity contribution in [2.45, 2.75) is 0 Å². The zero-order valence-corrected chi connectivity index (χ0v) is 18.6. The summed E-state index contributed by atoms with van der Waals surface area (Å²) in [5, 5.41) is 7.48. The van der Waals surface area contributed by atoms with Crippen LogP contribution in [0, 0.1) is 0 Å². The lowest BCUT2D eigenvalue weighted by atomic mass is 10.1. The van der Waals surface area contributed by atoms with Crippen LogP contribution in [0.5, 0.6) is 17.2 Å². The van der Waals surface area contributed by atoms with Crippen LogP contribution in [-0.2, 0) is 4.79 Å². The number of ether oxygens (including phenoxy) is 3. The predicted molar refractivity (Wildman–Crippen MR) is 124 cm³/mol. The van der Waals surface area contributed by atoms with Gasteiger partial charge in [0.1, 0.15) is 5.75 Å². The molecular weight excluding hydrogens is 446 g/mol. The predicted octanol–water partition coefficient (Wildman–Crippen LogP) is 5.09. The number of hydrogen-bond donors (Lipinski definition) is 1. The molecule has 0 aliphatic heterocycles. The van der Waals surface area contributed by atoms with Crippen molar-refractivity contribution in [3.63, 3.8) is 0 Å². The molecule has 9 heteroatoms. The first kappa shape index (κ1) is 22.2. The molecule has 4 rings (SSSR count). The molecule has 0 fully saturated rings. The van der Waals surface area contributed by atoms with Gasteiger partial charge in [0.25, 0.3) is 11.8 Å². The molecule has 33 heavy (non-hydrogen) atoms. The van der Waals surface area contributed by atoms with Crippen molar-refractivity contribution in [2.75, 3.05) is 26.1 Å². The SMILES string of the molecule is COc1ccc(-c2noc(-c3ccccc3NC(=O)COc3ccc(Cl)cc3)n2)cc1OC. The van der Waals surface area contributed by atoms with Crippen molar-refractivity contribution in [1.82, 2.24) is 10.1 Å². The molecule has 8 nitrogen and oxygen atoms in total. The summed E-state index contributed by atoms with van der Waals surface area (Å²) in [6, 6.07) is 19.2. The smallest absolute Gasteiger partial charge is 0.262 e. The Balaban J connectivity index is 1.50. The van der Waals surface area contributed by atoms with E-state index < -0.39 is 0 Å². The Labute approximate surface area is 195 Å². The second-order valence-electron chi connectivity index (χ2n) is 6.83. The maximum absolute atomic E-state index is 12.4. The van der Waals surface area contributed by atoms with Gasteiger partial charge in [-0.25, -0.2) is 0 Å². The molecule has 0 saturated carbocycles. The van der Waals surface area contributed by atoms with Gasteiger partial charge >= 0.3 is 0 Å². The highest BCUT2D eigenvalue weighted by atomic mass is 35.5. The molecule has 1 N–H and O–H groups in total. The van der Waals surface area contributed by atoms with E-state index in [1.807, 2.05) is 6.07 Å². The highest BCUT2D eigenvalue weighted by Gasteiger charge is 2.17. The lowest BCUT2D eigenvalue weighted by Crippen LogP contribution is -2.20. The van der Waals surface area contributed by atoms with E-state index >= 15 is 0 Å². The van der Waals surface area contributed by atoms with E-state index in [2.05, 4.69) is 15.5 Å². The summed E-state index contributed by atoms with van der Waals surface area (Å²) >= 11 is 5.86. The van der Waals surface area contributed by atoms with Crippen LogP contribution in [0.15, 0.2) is 71.3 Å². The number of methoxy groups -OCH3 is 2. The van der Waals surface area contributed by atoms with Gasteiger partial charge in [0.15, 0.2) is 18.1 Å². The third-order valence-corrected chi connectivity index (χ3v) is 4.93. The minimum atomic E-state index is -0.336. The fraction of sp³-hybridized carbons (Fsp3) is 0.125. The molecule has 0 aliphatic rings. The van der Waals surface area contributed by atoms with Crippen LogP contribution < -0.4 is 19.5 Å². The Hall–Kier alpha value is -4.04. The van der Waals surface area contributed by atoms with Gasteiger partial charge in [-0.3, -0.25) is 4.79 Å². The maximum Gasteiger partial charge on any atom is 0.262 e. The zero-order chi connectivity index (χ0) is 23.2. The van der Waals surface area contributed by atoms with Crippen LogP contribution in [0.2, 0.25) is 5.02 Å². The largest absolute Gasteiger partial charge is 0.493 e. The van der Waals surface area contributed by atoms with E-state index in [0.29, 0.717) is 44.9 Å². The number of benzene rings is 3. The lowest BCUT2D eigenvalue weighted by molar-refractivity contribution is -0.118. The second-order valence-corrected chi connectivity index (χ2v) is 7.27. The average molecular weight is 466 g/mol. The summed E-state index contributed by atoms with van der Waals surface area (Å²) in [6.07, 6.45) is 0. The minimum Gasteiger partial charge on any atom is -0.493 e. The van der Waals surface area contributed by atoms with E-state index in [1.54, 1.807) is 74.9 Å². The first-order valence-corrected chi connectivity index (χ1v) is 10.3. The molecule has 0 saturated heterocycles. The monoisotopic (exact) mass is 465 g/mol. The fourth-order valence-electron chi connectivity index (χ4n) is 3.07. The number of carbonyl (C=O) groups excluding carboxylic acids is 1. The molecule has 3 aromatic carbocycles. The Bertz CT molecular complexity index is 1260. The van der Waals surface area contributed by atoms with Gasteiger partial charge in [0, 0.05) is 10.6 Å². The molecule has 0 unspecified atom stereocenters. The van der Waals surface area contributed by atoms with Crippen molar-refractivity contribution in [3.05, 3.63) is 71.8 Å². The van der Waals surface area contributed by atoms with Gasteiger partial charge in [-0.05, 0) is 54.6 Å². The summed E-state index contributed by atoms with van der Waals surface area (Å²) in [5.41, 5.74) is 1.79. The van der Waals surface area contributed by atoms with Gasteiger partial charge in [-0.15, -0.1) is 0 Å². The van der Waals surface area contributed by atoms with Crippen LogP contribution in [0.25, 0.3) is 22.8 Å². The molecule has 1 heterocycles. The molecule has 0 bridgehead atoms. The lowest BCUT2D eigenvalue weighted by Gasteiger charge is -2.10. The molecule has 0 spiro atoms. The summed E-state index contributed by atoms with van der Waals surface area (Å²) < 4.78 is 21.6. The van der Waals surface area contributed by atoms with Crippen molar-refractivity contribution < 1.29 is 23.5 Å². The molecule has 0 radical (unpaired) electrons. The summed E-state index contributed by atoms with van der Waals surface area (Å²) in [6.45, 7) is -0.170. The Kier molecular flexibility index (Phi) is 6.75. The van der Waals surface area contributed by atoms with Crippen LogP contribution in [0.4, 0.5) is 5.69 Å². The first-order chi connectivity index (χ1) is 16.1. The second kappa shape index (κ2) is 10.1. The molecule has 1 aromatic heterocycles.